The van der Waals surface area contributed by atoms with Crippen LogP contribution in [0.4, 0.5) is 5.69 Å². The van der Waals surface area contributed by atoms with Crippen LogP contribution in [0.3, 0.4) is 0 Å². The number of nitrogens with one attached hydrogen (secondary N) is 3. The Kier molecular flexibility index (Phi) is 9.80. The molecule has 0 radical (unpaired) electrons. The van der Waals surface area contributed by atoms with Gasteiger partial charge in [0.05, 0.1) is 41.6 Å². The Hall–Kier alpha value is -4.74. The molecule has 0 spiro atoms. The van der Waals surface area contributed by atoms with Gasteiger partial charge in [-0.2, -0.15) is 4.99 Å². The summed E-state index contributed by atoms with van der Waals surface area (Å²) in [6.07, 6.45) is 9.62. The highest BCUT2D eigenvalue weighted by Gasteiger charge is 2.32. The van der Waals surface area contributed by atoms with Gasteiger partial charge in [0.1, 0.15) is 17.3 Å². The van der Waals surface area contributed by atoms with Gasteiger partial charge >= 0.3 is 0 Å². The maximum Gasteiger partial charge on any atom is 0.250 e. The van der Waals surface area contributed by atoms with Crippen LogP contribution >= 0.6 is 0 Å². The molecular formula is C34H43N9O2. The molecule has 1 saturated carbocycles. The van der Waals surface area contributed by atoms with Gasteiger partial charge in [-0.1, -0.05) is 36.9 Å². The third-order valence-corrected chi connectivity index (χ3v) is 8.14. The monoisotopic (exact) mass is 609 g/mol. The number of nitrogens with zero attached hydrogens (tertiary/aromatic N) is 4. The zero-order valence-electron chi connectivity index (χ0n) is 26.2. The van der Waals surface area contributed by atoms with E-state index in [2.05, 4.69) is 56.4 Å². The number of hydrogen-bond donors (Lipinski definition) is 5. The normalized spacial score (nSPS) is 18.1. The molecule has 236 valence electrons. The van der Waals surface area contributed by atoms with E-state index >= 15 is 0 Å². The lowest BCUT2D eigenvalue weighted by atomic mass is 9.99. The van der Waals surface area contributed by atoms with E-state index < -0.39 is 0 Å². The first kappa shape index (κ1) is 31.7. The molecule has 3 aliphatic rings. The maximum absolute atomic E-state index is 12.2. The first-order chi connectivity index (χ1) is 21.7. The maximum atomic E-state index is 12.2. The highest BCUT2D eigenvalue weighted by Crippen LogP contribution is 2.37. The quantitative estimate of drug-likeness (QED) is 0.169. The van der Waals surface area contributed by atoms with Crippen molar-refractivity contribution in [2.75, 3.05) is 39.1 Å². The average Bonchev–Trinajstić information content (AvgIpc) is 3.87. The minimum Gasteiger partial charge on any atom is -0.494 e. The fourth-order valence-electron chi connectivity index (χ4n) is 5.35. The van der Waals surface area contributed by atoms with E-state index in [1.807, 2.05) is 37.3 Å². The topological polar surface area (TPSA) is 158 Å². The molecule has 11 heteroatoms. The summed E-state index contributed by atoms with van der Waals surface area (Å²) in [6, 6.07) is 12.2. The Labute approximate surface area is 264 Å². The molecule has 2 aliphatic heterocycles. The molecule has 1 amide bonds. The number of aliphatic imine (C=N–C) groups is 1. The summed E-state index contributed by atoms with van der Waals surface area (Å²) in [5, 5.41) is 14.9. The Morgan fingerprint density at radius 1 is 1.27 bits per heavy atom. The van der Waals surface area contributed by atoms with Crippen molar-refractivity contribution in [2.45, 2.75) is 38.4 Å². The largest absolute Gasteiger partial charge is 0.494 e. The number of aromatic nitrogens is 1. The fraction of sp³-hybridized carbons (Fsp3) is 0.353. The molecule has 1 saturated heterocycles. The van der Waals surface area contributed by atoms with Crippen molar-refractivity contribution >= 4 is 28.7 Å². The lowest BCUT2D eigenvalue weighted by Crippen LogP contribution is -2.57. The highest BCUT2D eigenvalue weighted by atomic mass is 16.5. The second-order valence-corrected chi connectivity index (χ2v) is 11.7. The third-order valence-electron chi connectivity index (χ3n) is 8.14. The number of allylic oxidation sites excluding steroid dienone is 2. The number of benzene rings is 1. The third kappa shape index (κ3) is 7.68. The summed E-state index contributed by atoms with van der Waals surface area (Å²) >= 11 is 0. The van der Waals surface area contributed by atoms with Crippen LogP contribution in [0, 0.1) is 11.3 Å². The molecule has 2 aromatic rings. The Morgan fingerprint density at radius 3 is 2.71 bits per heavy atom. The van der Waals surface area contributed by atoms with Crippen molar-refractivity contribution < 1.29 is 9.53 Å². The number of para-hydroxylation sites is 1. The first-order valence-electron chi connectivity index (χ1n) is 15.2. The number of amidine groups is 1. The molecule has 1 atom stereocenters. The second kappa shape index (κ2) is 13.9. The lowest BCUT2D eigenvalue weighted by molar-refractivity contribution is -0.118. The number of methoxy groups -OCH3 is 1. The molecule has 45 heavy (non-hydrogen) atoms. The molecule has 1 aromatic heterocycles. The molecule has 2 fully saturated rings. The molecular weight excluding hydrogens is 566 g/mol. The van der Waals surface area contributed by atoms with Crippen LogP contribution in [-0.4, -0.2) is 72.1 Å². The van der Waals surface area contributed by atoms with Crippen LogP contribution in [0.15, 0.2) is 83.8 Å². The summed E-state index contributed by atoms with van der Waals surface area (Å²) in [6.45, 7) is 9.39. The van der Waals surface area contributed by atoms with E-state index in [0.717, 1.165) is 61.5 Å². The standard InChI is InChI=1S/C34H43N9O2/c1-21(35)28-11-5-9-25(39-28)18-42-19-26(20-42)43-15-7-8-24(17-43)27-10-6-12-29(33(27)45-4)40-30(32(37)22(2)38-3)16-31(36)41-34(44)23-13-14-23/h5-12,16-17,21,23,26,37-38,40H,2,13-15,18-20,35H2,1,3-4H3,(H2,36,41,44)/b30-16+,37-32?. The van der Waals surface area contributed by atoms with Gasteiger partial charge < -0.3 is 31.7 Å². The van der Waals surface area contributed by atoms with Crippen LogP contribution < -0.4 is 26.8 Å². The molecule has 1 aromatic carbocycles. The first-order valence-corrected chi connectivity index (χ1v) is 15.2. The molecule has 3 heterocycles. The van der Waals surface area contributed by atoms with Gasteiger partial charge in [0.2, 0.25) is 0 Å². The Bertz CT molecular complexity index is 1580. The highest BCUT2D eigenvalue weighted by molar-refractivity contribution is 6.15. The number of rotatable bonds is 13. The molecule has 0 bridgehead atoms. The number of ether oxygens (including phenoxy) is 1. The number of carbonyl (C=O) groups excluding carboxylic acids is 1. The van der Waals surface area contributed by atoms with E-state index in [-0.39, 0.29) is 29.4 Å². The van der Waals surface area contributed by atoms with Crippen molar-refractivity contribution in [3.8, 4) is 5.75 Å². The van der Waals surface area contributed by atoms with Gasteiger partial charge in [0, 0.05) is 68.6 Å². The summed E-state index contributed by atoms with van der Waals surface area (Å²) in [7, 11) is 3.31. The SMILES string of the molecule is C=C(NC)C(=N)/C(=C\C(N)=NC(=O)C1CC1)Nc1cccc(C2=CN(C3CN(Cc4cccc(C(C)N)n4)C3)CC=C2)c1OC. The number of pyridine rings is 1. The number of anilines is 1. The van der Waals surface area contributed by atoms with Gasteiger partial charge in [-0.15, -0.1) is 0 Å². The number of carbonyl (C=O) groups is 1. The van der Waals surface area contributed by atoms with E-state index in [1.165, 1.54) is 6.08 Å². The number of nitrogens with two attached hydrogens (primary N) is 2. The van der Waals surface area contributed by atoms with Gasteiger partial charge in [0.15, 0.2) is 0 Å². The zero-order chi connectivity index (χ0) is 32.1. The summed E-state index contributed by atoms with van der Waals surface area (Å²) in [5.41, 5.74) is 17.4. The number of amides is 1. The van der Waals surface area contributed by atoms with Crippen molar-refractivity contribution in [1.82, 2.24) is 20.1 Å². The predicted octanol–water partition coefficient (Wildman–Crippen LogP) is 3.55. The molecule has 1 aliphatic carbocycles. The smallest absolute Gasteiger partial charge is 0.250 e. The average molecular weight is 610 g/mol. The predicted molar refractivity (Wildman–Crippen MR) is 180 cm³/mol. The van der Waals surface area contributed by atoms with Gasteiger partial charge in [-0.25, -0.2) is 0 Å². The number of hydrogen-bond acceptors (Lipinski definition) is 9. The van der Waals surface area contributed by atoms with Crippen LogP contribution in [0.5, 0.6) is 5.75 Å². The van der Waals surface area contributed by atoms with Gasteiger partial charge in [-0.05, 0) is 38.0 Å². The van der Waals surface area contributed by atoms with Crippen LogP contribution in [0.1, 0.15) is 42.8 Å². The van der Waals surface area contributed by atoms with Crippen molar-refractivity contribution in [3.63, 3.8) is 0 Å². The number of likely N-dealkylation sites (tertiary alicyclic amines) is 1. The van der Waals surface area contributed by atoms with E-state index in [4.69, 9.17) is 26.6 Å². The summed E-state index contributed by atoms with van der Waals surface area (Å²) < 4.78 is 5.92. The van der Waals surface area contributed by atoms with E-state index in [1.54, 1.807) is 14.2 Å². The van der Waals surface area contributed by atoms with Crippen LogP contribution in [-0.2, 0) is 11.3 Å². The fourth-order valence-corrected chi connectivity index (χ4v) is 5.35. The Morgan fingerprint density at radius 2 is 2.02 bits per heavy atom. The van der Waals surface area contributed by atoms with Gasteiger partial charge in [0.25, 0.3) is 5.91 Å². The van der Waals surface area contributed by atoms with Crippen LogP contribution in [0.25, 0.3) is 5.57 Å². The van der Waals surface area contributed by atoms with Crippen LogP contribution in [0.2, 0.25) is 0 Å². The molecule has 11 nitrogen and oxygen atoms in total. The van der Waals surface area contributed by atoms with Crippen molar-refractivity contribution in [2.24, 2.45) is 22.4 Å². The molecule has 1 unspecified atom stereocenters. The van der Waals surface area contributed by atoms with Crippen molar-refractivity contribution in [1.29, 1.82) is 5.41 Å². The molecule has 7 N–H and O–H groups in total. The summed E-state index contributed by atoms with van der Waals surface area (Å²) in [4.78, 5) is 25.7. The van der Waals surface area contributed by atoms with Crippen molar-refractivity contribution in [3.05, 3.63) is 95.8 Å². The second-order valence-electron chi connectivity index (χ2n) is 11.7. The molecule has 5 rings (SSSR count). The van der Waals surface area contributed by atoms with Gasteiger partial charge in [-0.3, -0.25) is 20.1 Å². The minimum atomic E-state index is -0.232. The van der Waals surface area contributed by atoms with E-state index in [9.17, 15) is 4.79 Å². The Balaban J connectivity index is 1.32. The zero-order valence-corrected chi connectivity index (χ0v) is 26.2. The summed E-state index contributed by atoms with van der Waals surface area (Å²) in [5.74, 6) is 0.358. The van der Waals surface area contributed by atoms with E-state index in [0.29, 0.717) is 28.9 Å². The lowest BCUT2D eigenvalue weighted by Gasteiger charge is -2.45. The minimum absolute atomic E-state index is 0.0266.